The summed E-state index contributed by atoms with van der Waals surface area (Å²) in [6.45, 7) is 2.62. The summed E-state index contributed by atoms with van der Waals surface area (Å²) in [5.74, 6) is 6.12. The van der Waals surface area contributed by atoms with Gasteiger partial charge in [0.05, 0.1) is 12.3 Å². The van der Waals surface area contributed by atoms with E-state index in [0.29, 0.717) is 6.61 Å². The number of anilines is 1. The molecule has 0 heterocycles. The van der Waals surface area contributed by atoms with Crippen molar-refractivity contribution in [2.45, 2.75) is 6.92 Å². The number of ether oxygens (including phenoxy) is 1. The number of nitrogen functional groups attached to an aromatic ring is 1. The lowest BCUT2D eigenvalue weighted by molar-refractivity contribution is 0.340. The van der Waals surface area contributed by atoms with Crippen LogP contribution in [0, 0.1) is 3.57 Å². The first-order valence-corrected chi connectivity index (χ1v) is 4.74. The molecule has 0 aliphatic carbocycles. The lowest BCUT2D eigenvalue weighted by Crippen LogP contribution is -2.07. The van der Waals surface area contributed by atoms with Crippen molar-refractivity contribution in [2.75, 3.05) is 12.0 Å². The Morgan fingerprint density at radius 1 is 1.50 bits per heavy atom. The molecule has 0 atom stereocenters. The predicted octanol–water partition coefficient (Wildman–Crippen LogP) is 1.98. The zero-order chi connectivity index (χ0) is 8.97. The van der Waals surface area contributed by atoms with Crippen molar-refractivity contribution in [1.29, 1.82) is 0 Å². The van der Waals surface area contributed by atoms with Crippen molar-refractivity contribution in [3.05, 3.63) is 21.8 Å². The number of hydrogen-bond acceptors (Lipinski definition) is 3. The summed E-state index contributed by atoms with van der Waals surface area (Å²) in [6.07, 6.45) is 0. The van der Waals surface area contributed by atoms with Crippen LogP contribution in [0.4, 0.5) is 5.69 Å². The van der Waals surface area contributed by atoms with E-state index in [4.69, 9.17) is 10.6 Å². The highest BCUT2D eigenvalue weighted by atomic mass is 127. The number of rotatable bonds is 3. The van der Waals surface area contributed by atoms with E-state index in [9.17, 15) is 0 Å². The molecule has 0 fully saturated rings. The zero-order valence-electron chi connectivity index (χ0n) is 6.80. The molecule has 0 aliphatic rings. The van der Waals surface area contributed by atoms with Gasteiger partial charge in [-0.2, -0.15) is 0 Å². The fourth-order valence-electron chi connectivity index (χ4n) is 0.896. The van der Waals surface area contributed by atoms with Gasteiger partial charge in [-0.25, -0.2) is 0 Å². The Bertz CT molecular complexity index is 265. The molecule has 0 aromatic heterocycles. The molecule has 0 radical (unpaired) electrons. The summed E-state index contributed by atoms with van der Waals surface area (Å²) >= 11 is 2.22. The SMILES string of the molecule is CCOc1cc(I)cc(NN)c1. The minimum atomic E-state index is 0.671. The molecule has 0 bridgehead atoms. The molecule has 0 unspecified atom stereocenters. The van der Waals surface area contributed by atoms with Gasteiger partial charge in [-0.3, -0.25) is 5.84 Å². The molecular weight excluding hydrogens is 267 g/mol. The van der Waals surface area contributed by atoms with E-state index in [0.717, 1.165) is 15.0 Å². The van der Waals surface area contributed by atoms with Gasteiger partial charge >= 0.3 is 0 Å². The van der Waals surface area contributed by atoms with Crippen molar-refractivity contribution in [1.82, 2.24) is 0 Å². The van der Waals surface area contributed by atoms with Crippen molar-refractivity contribution in [3.8, 4) is 5.75 Å². The standard InChI is InChI=1S/C8H11IN2O/c1-2-12-8-4-6(9)3-7(5-8)11-10/h3-5,11H,2,10H2,1H3. The van der Waals surface area contributed by atoms with Gasteiger partial charge in [0, 0.05) is 9.64 Å². The summed E-state index contributed by atoms with van der Waals surface area (Å²) in [6, 6.07) is 5.78. The van der Waals surface area contributed by atoms with Gasteiger partial charge in [0.2, 0.25) is 0 Å². The van der Waals surface area contributed by atoms with Crippen LogP contribution in [0.2, 0.25) is 0 Å². The molecule has 1 aromatic rings. The first-order chi connectivity index (χ1) is 5.76. The van der Waals surface area contributed by atoms with E-state index < -0.39 is 0 Å². The molecule has 66 valence electrons. The summed E-state index contributed by atoms with van der Waals surface area (Å²) in [5, 5.41) is 0. The second-order valence-electron chi connectivity index (χ2n) is 2.25. The molecule has 0 spiro atoms. The number of hydrazine groups is 1. The van der Waals surface area contributed by atoms with Gasteiger partial charge in [0.15, 0.2) is 0 Å². The number of benzene rings is 1. The molecule has 3 nitrogen and oxygen atoms in total. The molecule has 0 saturated carbocycles. The van der Waals surface area contributed by atoms with Gasteiger partial charge in [-0.1, -0.05) is 0 Å². The first-order valence-electron chi connectivity index (χ1n) is 3.66. The lowest BCUT2D eigenvalue weighted by Gasteiger charge is -2.06. The highest BCUT2D eigenvalue weighted by Crippen LogP contribution is 2.21. The number of nitrogens with one attached hydrogen (secondary N) is 1. The predicted molar refractivity (Wildman–Crippen MR) is 58.1 cm³/mol. The number of halogens is 1. The van der Waals surface area contributed by atoms with Crippen LogP contribution in [-0.4, -0.2) is 6.61 Å². The Morgan fingerprint density at radius 2 is 2.25 bits per heavy atom. The maximum absolute atomic E-state index is 5.33. The quantitative estimate of drug-likeness (QED) is 0.505. The molecule has 0 saturated heterocycles. The van der Waals surface area contributed by atoms with Crippen molar-refractivity contribution >= 4 is 28.3 Å². The monoisotopic (exact) mass is 278 g/mol. The average molecular weight is 278 g/mol. The molecule has 12 heavy (non-hydrogen) atoms. The lowest BCUT2D eigenvalue weighted by atomic mass is 10.3. The second-order valence-corrected chi connectivity index (χ2v) is 3.50. The third-order valence-corrected chi connectivity index (χ3v) is 1.97. The highest BCUT2D eigenvalue weighted by molar-refractivity contribution is 14.1. The Hall–Kier alpha value is -0.490. The first kappa shape index (κ1) is 9.60. The molecular formula is C8H11IN2O. The van der Waals surface area contributed by atoms with Crippen LogP contribution in [0.15, 0.2) is 18.2 Å². The molecule has 0 aliphatic heterocycles. The van der Waals surface area contributed by atoms with Crippen LogP contribution in [0.1, 0.15) is 6.92 Å². The molecule has 4 heteroatoms. The van der Waals surface area contributed by atoms with E-state index in [1.807, 2.05) is 25.1 Å². The van der Waals surface area contributed by atoms with E-state index in [-0.39, 0.29) is 0 Å². The molecule has 3 N–H and O–H groups in total. The molecule has 1 aromatic carbocycles. The van der Waals surface area contributed by atoms with Crippen LogP contribution >= 0.6 is 22.6 Å². The maximum atomic E-state index is 5.33. The van der Waals surface area contributed by atoms with Gasteiger partial charge < -0.3 is 10.2 Å². The normalized spacial score (nSPS) is 9.58. The van der Waals surface area contributed by atoms with Crippen LogP contribution in [0.5, 0.6) is 5.75 Å². The van der Waals surface area contributed by atoms with Crippen LogP contribution in [-0.2, 0) is 0 Å². The van der Waals surface area contributed by atoms with Crippen LogP contribution in [0.25, 0.3) is 0 Å². The molecule has 0 amide bonds. The Balaban J connectivity index is 2.90. The van der Waals surface area contributed by atoms with Crippen molar-refractivity contribution < 1.29 is 4.74 Å². The maximum Gasteiger partial charge on any atom is 0.122 e. The summed E-state index contributed by atoms with van der Waals surface area (Å²) in [5.41, 5.74) is 3.45. The van der Waals surface area contributed by atoms with Crippen molar-refractivity contribution in [3.63, 3.8) is 0 Å². The minimum absolute atomic E-state index is 0.671. The van der Waals surface area contributed by atoms with E-state index in [2.05, 4.69) is 28.0 Å². The zero-order valence-corrected chi connectivity index (χ0v) is 8.96. The fraction of sp³-hybridized carbons (Fsp3) is 0.250. The molecule has 1 rings (SSSR count). The Kier molecular flexibility index (Phi) is 3.61. The Labute approximate surface area is 85.4 Å². The number of hydrogen-bond donors (Lipinski definition) is 2. The third-order valence-electron chi connectivity index (χ3n) is 1.35. The van der Waals surface area contributed by atoms with Gasteiger partial charge in [-0.05, 0) is 41.6 Å². The Morgan fingerprint density at radius 3 is 2.83 bits per heavy atom. The van der Waals surface area contributed by atoms with E-state index >= 15 is 0 Å². The van der Waals surface area contributed by atoms with E-state index in [1.54, 1.807) is 0 Å². The second kappa shape index (κ2) is 4.51. The van der Waals surface area contributed by atoms with Crippen LogP contribution in [0.3, 0.4) is 0 Å². The number of nitrogens with two attached hydrogens (primary N) is 1. The van der Waals surface area contributed by atoms with Crippen molar-refractivity contribution in [2.24, 2.45) is 5.84 Å². The largest absolute Gasteiger partial charge is 0.494 e. The van der Waals surface area contributed by atoms with Crippen LogP contribution < -0.4 is 16.0 Å². The summed E-state index contributed by atoms with van der Waals surface area (Å²) in [4.78, 5) is 0. The summed E-state index contributed by atoms with van der Waals surface area (Å²) in [7, 11) is 0. The topological polar surface area (TPSA) is 47.3 Å². The fourth-order valence-corrected chi connectivity index (χ4v) is 1.54. The third kappa shape index (κ3) is 2.53. The van der Waals surface area contributed by atoms with Gasteiger partial charge in [0.25, 0.3) is 0 Å². The minimum Gasteiger partial charge on any atom is -0.494 e. The van der Waals surface area contributed by atoms with Gasteiger partial charge in [-0.15, -0.1) is 0 Å². The summed E-state index contributed by atoms with van der Waals surface area (Å²) < 4.78 is 6.43. The van der Waals surface area contributed by atoms with Gasteiger partial charge in [0.1, 0.15) is 5.75 Å². The van der Waals surface area contributed by atoms with E-state index in [1.165, 1.54) is 0 Å². The smallest absolute Gasteiger partial charge is 0.122 e. The average Bonchev–Trinajstić information content (AvgIpc) is 2.04. The highest BCUT2D eigenvalue weighted by Gasteiger charge is 1.97.